The summed E-state index contributed by atoms with van der Waals surface area (Å²) >= 11 is 0. The Balaban J connectivity index is 2.14. The highest BCUT2D eigenvalue weighted by atomic mass is 32.2. The van der Waals surface area contributed by atoms with E-state index in [0.29, 0.717) is 18.7 Å². The Bertz CT molecular complexity index is 928. The minimum Gasteiger partial charge on any atom is -0.545 e. The van der Waals surface area contributed by atoms with Gasteiger partial charge in [0, 0.05) is 30.2 Å². The molecule has 2 heterocycles. The van der Waals surface area contributed by atoms with Gasteiger partial charge in [-0.15, -0.1) is 0 Å². The van der Waals surface area contributed by atoms with E-state index < -0.39 is 27.0 Å². The summed E-state index contributed by atoms with van der Waals surface area (Å²) in [5, 5.41) is 10.9. The van der Waals surface area contributed by atoms with Crippen molar-refractivity contribution in [3.8, 4) is 0 Å². The van der Waals surface area contributed by atoms with Crippen LogP contribution in [0.15, 0.2) is 34.1 Å². The molecule has 0 unspecified atom stereocenters. The molecular formula is C14H13N2O6S-. The van der Waals surface area contributed by atoms with Gasteiger partial charge in [-0.3, -0.25) is 4.79 Å². The number of carboxylic acid groups (broad SMARTS) is 1. The molecule has 0 spiro atoms. The summed E-state index contributed by atoms with van der Waals surface area (Å²) in [7, 11) is -3.77. The molecule has 122 valence electrons. The van der Waals surface area contributed by atoms with Gasteiger partial charge in [0.2, 0.25) is 10.0 Å². The van der Waals surface area contributed by atoms with E-state index >= 15 is 0 Å². The van der Waals surface area contributed by atoms with Gasteiger partial charge in [-0.25, -0.2) is 8.42 Å². The number of aromatic amines is 1. The topological polar surface area (TPSA) is 120 Å². The Morgan fingerprint density at radius 2 is 1.96 bits per heavy atom. The molecule has 1 N–H and O–H groups in total. The van der Waals surface area contributed by atoms with Gasteiger partial charge in [-0.2, -0.15) is 4.31 Å². The summed E-state index contributed by atoms with van der Waals surface area (Å²) in [4.78, 5) is 25.7. The van der Waals surface area contributed by atoms with E-state index in [1.807, 2.05) is 0 Å². The van der Waals surface area contributed by atoms with Crippen molar-refractivity contribution in [3.05, 3.63) is 40.2 Å². The van der Waals surface area contributed by atoms with E-state index in [4.69, 9.17) is 4.74 Å². The molecule has 1 aliphatic rings. The van der Waals surface area contributed by atoms with E-state index in [1.165, 1.54) is 22.5 Å². The summed E-state index contributed by atoms with van der Waals surface area (Å²) in [6.45, 7) is 1.08. The molecule has 0 radical (unpaired) electrons. The third kappa shape index (κ3) is 2.74. The second-order valence-corrected chi connectivity index (χ2v) is 6.98. The van der Waals surface area contributed by atoms with Crippen molar-refractivity contribution >= 4 is 26.9 Å². The lowest BCUT2D eigenvalue weighted by atomic mass is 10.1. The number of aromatic nitrogens is 1. The third-order valence-electron chi connectivity index (χ3n) is 3.68. The minimum absolute atomic E-state index is 0.0129. The molecule has 8 nitrogen and oxygen atoms in total. The molecule has 23 heavy (non-hydrogen) atoms. The number of pyridine rings is 1. The number of carboxylic acids is 1. The Morgan fingerprint density at radius 3 is 2.61 bits per heavy atom. The molecule has 1 aliphatic heterocycles. The number of ether oxygens (including phenoxy) is 1. The fourth-order valence-corrected chi connectivity index (χ4v) is 3.88. The molecule has 0 saturated carbocycles. The zero-order valence-corrected chi connectivity index (χ0v) is 12.8. The molecule has 1 saturated heterocycles. The van der Waals surface area contributed by atoms with Gasteiger partial charge in [0.05, 0.1) is 29.6 Å². The summed E-state index contributed by atoms with van der Waals surface area (Å²) < 4.78 is 31.6. The lowest BCUT2D eigenvalue weighted by molar-refractivity contribution is -0.255. The number of hydrogen-bond acceptors (Lipinski definition) is 6. The van der Waals surface area contributed by atoms with Crippen molar-refractivity contribution in [3.63, 3.8) is 0 Å². The molecular weight excluding hydrogens is 324 g/mol. The average Bonchev–Trinajstić information content (AvgIpc) is 2.55. The molecule has 0 aliphatic carbocycles. The van der Waals surface area contributed by atoms with Gasteiger partial charge in [-0.05, 0) is 18.2 Å². The lowest BCUT2D eigenvalue weighted by Gasteiger charge is -2.26. The Hall–Kier alpha value is -2.23. The predicted molar refractivity (Wildman–Crippen MR) is 78.5 cm³/mol. The number of rotatable bonds is 3. The maximum atomic E-state index is 12.6. The number of H-pyrrole nitrogens is 1. The van der Waals surface area contributed by atoms with Gasteiger partial charge in [0.25, 0.3) is 0 Å². The van der Waals surface area contributed by atoms with Gasteiger partial charge in [0.1, 0.15) is 0 Å². The van der Waals surface area contributed by atoms with Crippen LogP contribution in [0.3, 0.4) is 0 Å². The van der Waals surface area contributed by atoms with E-state index in [0.717, 1.165) is 6.20 Å². The first-order valence-electron chi connectivity index (χ1n) is 6.86. The molecule has 3 rings (SSSR count). The van der Waals surface area contributed by atoms with E-state index in [2.05, 4.69) is 4.98 Å². The summed E-state index contributed by atoms with van der Waals surface area (Å²) in [6, 6.07) is 4.00. The molecule has 0 atom stereocenters. The molecule has 0 bridgehead atoms. The fourth-order valence-electron chi connectivity index (χ4n) is 2.45. The van der Waals surface area contributed by atoms with E-state index in [1.54, 1.807) is 0 Å². The number of hydrogen-bond donors (Lipinski definition) is 1. The normalized spacial score (nSPS) is 16.5. The third-order valence-corrected chi connectivity index (χ3v) is 5.57. The zero-order valence-electron chi connectivity index (χ0n) is 11.9. The predicted octanol–water partition coefficient (Wildman–Crippen LogP) is -1.09. The second kappa shape index (κ2) is 5.76. The van der Waals surface area contributed by atoms with Gasteiger partial charge in [-0.1, -0.05) is 0 Å². The van der Waals surface area contributed by atoms with Crippen molar-refractivity contribution in [1.29, 1.82) is 0 Å². The van der Waals surface area contributed by atoms with Crippen molar-refractivity contribution < 1.29 is 23.1 Å². The molecule has 1 fully saturated rings. The zero-order chi connectivity index (χ0) is 16.6. The van der Waals surface area contributed by atoms with Crippen LogP contribution in [0.5, 0.6) is 0 Å². The van der Waals surface area contributed by atoms with Crippen LogP contribution in [-0.4, -0.2) is 50.0 Å². The fraction of sp³-hybridized carbons (Fsp3) is 0.286. The van der Waals surface area contributed by atoms with Crippen LogP contribution in [0.25, 0.3) is 10.9 Å². The summed E-state index contributed by atoms with van der Waals surface area (Å²) in [6.07, 6.45) is 1.04. The molecule has 2 aromatic rings. The Morgan fingerprint density at radius 1 is 1.26 bits per heavy atom. The van der Waals surface area contributed by atoms with Crippen molar-refractivity contribution in [2.24, 2.45) is 0 Å². The maximum absolute atomic E-state index is 12.6. The first kappa shape index (κ1) is 15.7. The Kier molecular flexibility index (Phi) is 3.92. The number of benzene rings is 1. The maximum Gasteiger partial charge on any atom is 0.243 e. The van der Waals surface area contributed by atoms with Crippen LogP contribution in [0.4, 0.5) is 0 Å². The first-order valence-corrected chi connectivity index (χ1v) is 8.30. The summed E-state index contributed by atoms with van der Waals surface area (Å²) in [5.74, 6) is -1.62. The largest absolute Gasteiger partial charge is 0.545 e. The number of nitrogens with zero attached hydrogens (tertiary/aromatic N) is 1. The highest BCUT2D eigenvalue weighted by molar-refractivity contribution is 7.89. The van der Waals surface area contributed by atoms with Crippen LogP contribution >= 0.6 is 0 Å². The van der Waals surface area contributed by atoms with Crippen molar-refractivity contribution in [1.82, 2.24) is 9.29 Å². The van der Waals surface area contributed by atoms with Crippen LogP contribution in [-0.2, 0) is 14.8 Å². The minimum atomic E-state index is -3.77. The quantitative estimate of drug-likeness (QED) is 0.760. The van der Waals surface area contributed by atoms with Crippen molar-refractivity contribution in [2.75, 3.05) is 26.3 Å². The molecule has 0 amide bonds. The standard InChI is InChI=1S/C14H14N2O6S/c17-13-10-7-9(23(20,21)16-3-5-22-6-4-16)1-2-12(10)15-8-11(13)14(18)19/h1-2,7-8H,3-6H2,(H,15,17)(H,18,19)/p-1. The van der Waals surface area contributed by atoms with Crippen LogP contribution < -0.4 is 10.5 Å². The molecule has 1 aromatic carbocycles. The number of morpholine rings is 1. The average molecular weight is 337 g/mol. The summed E-state index contributed by atoms with van der Waals surface area (Å²) in [5.41, 5.74) is -0.975. The van der Waals surface area contributed by atoms with Crippen molar-refractivity contribution in [2.45, 2.75) is 4.90 Å². The molecule has 9 heteroatoms. The number of carbonyl (C=O) groups is 1. The van der Waals surface area contributed by atoms with E-state index in [9.17, 15) is 23.1 Å². The Labute approximate surface area is 131 Å². The highest BCUT2D eigenvalue weighted by Crippen LogP contribution is 2.20. The highest BCUT2D eigenvalue weighted by Gasteiger charge is 2.26. The first-order chi connectivity index (χ1) is 10.9. The number of aromatic carboxylic acids is 1. The monoisotopic (exact) mass is 337 g/mol. The number of carbonyl (C=O) groups excluding carboxylic acids is 1. The van der Waals surface area contributed by atoms with Gasteiger partial charge in [0.15, 0.2) is 5.43 Å². The van der Waals surface area contributed by atoms with Crippen LogP contribution in [0.2, 0.25) is 0 Å². The van der Waals surface area contributed by atoms with E-state index in [-0.39, 0.29) is 23.4 Å². The number of sulfonamides is 1. The van der Waals surface area contributed by atoms with Crippen LogP contribution in [0.1, 0.15) is 10.4 Å². The van der Waals surface area contributed by atoms with Gasteiger partial charge < -0.3 is 19.6 Å². The van der Waals surface area contributed by atoms with Gasteiger partial charge >= 0.3 is 0 Å². The second-order valence-electron chi connectivity index (χ2n) is 5.04. The number of nitrogens with one attached hydrogen (secondary N) is 1. The number of fused-ring (bicyclic) bond motifs is 1. The smallest absolute Gasteiger partial charge is 0.243 e. The van der Waals surface area contributed by atoms with Crippen LogP contribution in [0, 0.1) is 0 Å². The SMILES string of the molecule is O=C([O-])c1c[nH]c2ccc(S(=O)(=O)N3CCOCC3)cc2c1=O. The molecule has 1 aromatic heterocycles. The lowest BCUT2D eigenvalue weighted by Crippen LogP contribution is -2.40.